The lowest BCUT2D eigenvalue weighted by atomic mass is 10.1. The van der Waals surface area contributed by atoms with E-state index in [0.717, 1.165) is 17.2 Å². The zero-order valence-corrected chi connectivity index (χ0v) is 13.5. The Labute approximate surface area is 130 Å². The Balaban J connectivity index is 2.19. The average molecular weight is 320 g/mol. The molecule has 6 heteroatoms. The molecule has 0 radical (unpaired) electrons. The van der Waals surface area contributed by atoms with Crippen LogP contribution < -0.4 is 10.0 Å². The zero-order valence-electron chi connectivity index (χ0n) is 12.7. The van der Waals surface area contributed by atoms with Crippen LogP contribution in [0.15, 0.2) is 47.4 Å². The van der Waals surface area contributed by atoms with E-state index < -0.39 is 16.1 Å². The molecular weight excluding hydrogens is 300 g/mol. The summed E-state index contributed by atoms with van der Waals surface area (Å²) in [5.41, 5.74) is 0. The van der Waals surface area contributed by atoms with Gasteiger partial charge in [-0.25, -0.2) is 8.42 Å². The summed E-state index contributed by atoms with van der Waals surface area (Å²) in [5.74, 6) is -0.328. The minimum Gasteiger partial charge on any atom is -0.355 e. The smallest absolute Gasteiger partial charge is 0.241 e. The molecule has 22 heavy (non-hydrogen) atoms. The molecule has 0 fully saturated rings. The van der Waals surface area contributed by atoms with Gasteiger partial charge in [0.05, 0.1) is 10.9 Å². The van der Waals surface area contributed by atoms with Crippen LogP contribution in [0, 0.1) is 0 Å². The number of sulfonamides is 1. The van der Waals surface area contributed by atoms with Crippen molar-refractivity contribution in [2.75, 3.05) is 6.54 Å². The third-order valence-corrected chi connectivity index (χ3v) is 4.84. The largest absolute Gasteiger partial charge is 0.355 e. The number of hydrogen-bond donors (Lipinski definition) is 2. The first-order valence-electron chi connectivity index (χ1n) is 7.23. The molecule has 118 valence electrons. The van der Waals surface area contributed by atoms with E-state index in [0.29, 0.717) is 6.54 Å². The van der Waals surface area contributed by atoms with Gasteiger partial charge in [-0.1, -0.05) is 37.3 Å². The maximum absolute atomic E-state index is 12.4. The summed E-state index contributed by atoms with van der Waals surface area (Å²) < 4.78 is 27.2. The lowest BCUT2D eigenvalue weighted by molar-refractivity contribution is -0.122. The third kappa shape index (κ3) is 3.84. The first-order chi connectivity index (χ1) is 10.4. The van der Waals surface area contributed by atoms with Crippen LogP contribution in [0.1, 0.15) is 20.3 Å². The van der Waals surface area contributed by atoms with Gasteiger partial charge in [-0.3, -0.25) is 4.79 Å². The SMILES string of the molecule is CCCNC(=O)[C@H](C)NS(=O)(=O)c1ccc2ccccc2c1. The third-order valence-electron chi connectivity index (χ3n) is 3.31. The minimum atomic E-state index is -3.73. The summed E-state index contributed by atoms with van der Waals surface area (Å²) in [5, 5.41) is 4.48. The fraction of sp³-hybridized carbons (Fsp3) is 0.312. The topological polar surface area (TPSA) is 75.3 Å². The van der Waals surface area contributed by atoms with Crippen LogP contribution in [0.4, 0.5) is 0 Å². The maximum Gasteiger partial charge on any atom is 0.241 e. The van der Waals surface area contributed by atoms with Crippen molar-refractivity contribution >= 4 is 26.7 Å². The van der Waals surface area contributed by atoms with Crippen LogP contribution in [-0.2, 0) is 14.8 Å². The van der Waals surface area contributed by atoms with Crippen molar-refractivity contribution in [1.82, 2.24) is 10.0 Å². The van der Waals surface area contributed by atoms with E-state index in [1.807, 2.05) is 31.2 Å². The molecule has 0 spiro atoms. The summed E-state index contributed by atoms with van der Waals surface area (Å²) in [7, 11) is -3.73. The number of amides is 1. The Morgan fingerprint density at radius 2 is 1.82 bits per heavy atom. The van der Waals surface area contributed by atoms with Crippen molar-refractivity contribution in [2.24, 2.45) is 0 Å². The van der Waals surface area contributed by atoms with Crippen LogP contribution in [-0.4, -0.2) is 26.9 Å². The summed E-state index contributed by atoms with van der Waals surface area (Å²) >= 11 is 0. The number of benzene rings is 2. The van der Waals surface area contributed by atoms with Gasteiger partial charge in [-0.05, 0) is 36.2 Å². The fourth-order valence-electron chi connectivity index (χ4n) is 2.09. The number of nitrogens with one attached hydrogen (secondary N) is 2. The molecule has 0 bridgehead atoms. The average Bonchev–Trinajstić information content (AvgIpc) is 2.51. The van der Waals surface area contributed by atoms with E-state index in [-0.39, 0.29) is 10.8 Å². The molecule has 5 nitrogen and oxygen atoms in total. The molecule has 2 N–H and O–H groups in total. The molecule has 0 aromatic heterocycles. The Hall–Kier alpha value is -1.92. The number of fused-ring (bicyclic) bond motifs is 1. The molecule has 0 aliphatic heterocycles. The van der Waals surface area contributed by atoms with Crippen molar-refractivity contribution in [3.8, 4) is 0 Å². The van der Waals surface area contributed by atoms with E-state index in [9.17, 15) is 13.2 Å². The molecule has 0 heterocycles. The molecule has 2 aromatic carbocycles. The van der Waals surface area contributed by atoms with Crippen LogP contribution in [0.2, 0.25) is 0 Å². The molecule has 0 unspecified atom stereocenters. The van der Waals surface area contributed by atoms with Crippen LogP contribution in [0.25, 0.3) is 10.8 Å². The van der Waals surface area contributed by atoms with Gasteiger partial charge in [0.15, 0.2) is 0 Å². The zero-order chi connectivity index (χ0) is 16.2. The van der Waals surface area contributed by atoms with Crippen LogP contribution in [0.3, 0.4) is 0 Å². The highest BCUT2D eigenvalue weighted by molar-refractivity contribution is 7.89. The van der Waals surface area contributed by atoms with Gasteiger partial charge in [-0.15, -0.1) is 0 Å². The van der Waals surface area contributed by atoms with Gasteiger partial charge >= 0.3 is 0 Å². The monoisotopic (exact) mass is 320 g/mol. The van der Waals surface area contributed by atoms with Gasteiger partial charge in [0.1, 0.15) is 0 Å². The molecule has 2 aromatic rings. The fourth-order valence-corrected chi connectivity index (χ4v) is 3.33. The predicted octanol–water partition coefficient (Wildman–Crippen LogP) is 2.03. The number of carbonyl (C=O) groups excluding carboxylic acids is 1. The van der Waals surface area contributed by atoms with Gasteiger partial charge in [-0.2, -0.15) is 4.72 Å². The molecule has 0 saturated carbocycles. The van der Waals surface area contributed by atoms with Gasteiger partial charge in [0.25, 0.3) is 0 Å². The lowest BCUT2D eigenvalue weighted by Gasteiger charge is -2.14. The number of rotatable bonds is 6. The highest BCUT2D eigenvalue weighted by Crippen LogP contribution is 2.19. The van der Waals surface area contributed by atoms with E-state index in [4.69, 9.17) is 0 Å². The predicted molar refractivity (Wildman–Crippen MR) is 87.0 cm³/mol. The first-order valence-corrected chi connectivity index (χ1v) is 8.71. The molecule has 0 saturated heterocycles. The van der Waals surface area contributed by atoms with Crippen molar-refractivity contribution < 1.29 is 13.2 Å². The standard InChI is InChI=1S/C16H20N2O3S/c1-3-10-17-16(19)12(2)18-22(20,21)15-9-8-13-6-4-5-7-14(13)11-15/h4-9,11-12,18H,3,10H2,1-2H3,(H,17,19)/t12-/m0/s1. The quantitative estimate of drug-likeness (QED) is 0.855. The number of carbonyl (C=O) groups is 1. The summed E-state index contributed by atoms with van der Waals surface area (Å²) in [6.45, 7) is 3.99. The summed E-state index contributed by atoms with van der Waals surface area (Å²) in [6.07, 6.45) is 0.801. The molecule has 1 atom stereocenters. The first kappa shape index (κ1) is 16.5. The molecule has 2 rings (SSSR count). The maximum atomic E-state index is 12.4. The van der Waals surface area contributed by atoms with Crippen molar-refractivity contribution in [2.45, 2.75) is 31.2 Å². The Bertz CT molecular complexity index is 772. The van der Waals surface area contributed by atoms with Crippen LogP contribution in [0.5, 0.6) is 0 Å². The molecule has 0 aliphatic rings. The Morgan fingerprint density at radius 1 is 1.14 bits per heavy atom. The van der Waals surface area contributed by atoms with Crippen molar-refractivity contribution in [1.29, 1.82) is 0 Å². The highest BCUT2D eigenvalue weighted by Gasteiger charge is 2.21. The van der Waals surface area contributed by atoms with Crippen molar-refractivity contribution in [3.05, 3.63) is 42.5 Å². The Morgan fingerprint density at radius 3 is 2.50 bits per heavy atom. The van der Waals surface area contributed by atoms with E-state index in [1.165, 1.54) is 6.92 Å². The lowest BCUT2D eigenvalue weighted by Crippen LogP contribution is -2.44. The molecule has 1 amide bonds. The second-order valence-corrected chi connectivity index (χ2v) is 6.86. The minimum absolute atomic E-state index is 0.154. The Kier molecular flexibility index (Phi) is 5.15. The second-order valence-electron chi connectivity index (χ2n) is 5.14. The van der Waals surface area contributed by atoms with Crippen molar-refractivity contribution in [3.63, 3.8) is 0 Å². The molecule has 0 aliphatic carbocycles. The van der Waals surface area contributed by atoms with Gasteiger partial charge < -0.3 is 5.32 Å². The van der Waals surface area contributed by atoms with E-state index in [1.54, 1.807) is 18.2 Å². The second kappa shape index (κ2) is 6.89. The van der Waals surface area contributed by atoms with Gasteiger partial charge in [0.2, 0.25) is 15.9 Å². The van der Waals surface area contributed by atoms with E-state index in [2.05, 4.69) is 10.0 Å². The highest BCUT2D eigenvalue weighted by atomic mass is 32.2. The molecular formula is C16H20N2O3S. The van der Waals surface area contributed by atoms with E-state index >= 15 is 0 Å². The number of hydrogen-bond acceptors (Lipinski definition) is 3. The summed E-state index contributed by atoms with van der Waals surface area (Å²) in [6, 6.07) is 11.6. The van der Waals surface area contributed by atoms with Crippen LogP contribution >= 0.6 is 0 Å². The summed E-state index contributed by atoms with van der Waals surface area (Å²) in [4.78, 5) is 11.9. The van der Waals surface area contributed by atoms with Gasteiger partial charge in [0, 0.05) is 6.54 Å². The normalized spacial score (nSPS) is 13.0.